The number of nitrogens with zero attached hydrogens (tertiary/aromatic N) is 1. The van der Waals surface area contributed by atoms with Crippen LogP contribution in [0.15, 0.2) is 47.8 Å². The molecule has 1 N–H and O–H groups in total. The van der Waals surface area contributed by atoms with Crippen LogP contribution in [0.5, 0.6) is 0 Å². The van der Waals surface area contributed by atoms with Crippen LogP contribution < -0.4 is 0 Å². The minimum absolute atomic E-state index is 0.390. The van der Waals surface area contributed by atoms with E-state index >= 15 is 0 Å². The zero-order chi connectivity index (χ0) is 18.1. The van der Waals surface area contributed by atoms with Crippen molar-refractivity contribution in [2.75, 3.05) is 21.3 Å². The van der Waals surface area contributed by atoms with Crippen molar-refractivity contribution < 1.29 is 19.1 Å². The second-order valence-electron chi connectivity index (χ2n) is 5.96. The SMILES string of the molecule is COC(=O)C1=CN(C)C=C(C(=O)OC)C1c1c(C)[nH]c2ccccc12. The molecule has 0 bridgehead atoms. The number of carbonyl (C=O) groups is 2. The third kappa shape index (κ3) is 2.80. The standard InChI is InChI=1S/C19H20N2O4/c1-11-16(12-7-5-6-8-15(12)20-11)17-13(18(22)24-3)9-21(2)10-14(17)19(23)25-4/h5-10,17,20H,1-4H3. The molecule has 0 saturated carbocycles. The summed E-state index contributed by atoms with van der Waals surface area (Å²) in [5, 5.41) is 0.958. The first-order valence-corrected chi connectivity index (χ1v) is 7.87. The molecule has 130 valence electrons. The van der Waals surface area contributed by atoms with Gasteiger partial charge in [-0.1, -0.05) is 18.2 Å². The third-order valence-corrected chi connectivity index (χ3v) is 4.38. The normalized spacial score (nSPS) is 15.0. The van der Waals surface area contributed by atoms with Crippen LogP contribution in [0.3, 0.4) is 0 Å². The summed E-state index contributed by atoms with van der Waals surface area (Å²) in [5.74, 6) is -1.51. The van der Waals surface area contributed by atoms with Gasteiger partial charge in [-0.15, -0.1) is 0 Å². The zero-order valence-electron chi connectivity index (χ0n) is 14.6. The smallest absolute Gasteiger partial charge is 0.336 e. The Kier molecular flexibility index (Phi) is 4.35. The van der Waals surface area contributed by atoms with Crippen molar-refractivity contribution in [3.63, 3.8) is 0 Å². The average molecular weight is 340 g/mol. The fraction of sp³-hybridized carbons (Fsp3) is 0.263. The van der Waals surface area contributed by atoms with Gasteiger partial charge >= 0.3 is 11.9 Å². The van der Waals surface area contributed by atoms with E-state index in [0.717, 1.165) is 22.2 Å². The molecule has 2 heterocycles. The Hall–Kier alpha value is -3.02. The first-order valence-electron chi connectivity index (χ1n) is 7.87. The van der Waals surface area contributed by atoms with Gasteiger partial charge in [0.1, 0.15) is 0 Å². The van der Waals surface area contributed by atoms with Crippen molar-refractivity contribution in [3.8, 4) is 0 Å². The van der Waals surface area contributed by atoms with Gasteiger partial charge in [-0.3, -0.25) is 0 Å². The number of carbonyl (C=O) groups excluding carboxylic acids is 2. The van der Waals surface area contributed by atoms with E-state index in [1.165, 1.54) is 14.2 Å². The Morgan fingerprint density at radius 1 is 1.04 bits per heavy atom. The molecule has 3 rings (SSSR count). The molecule has 0 atom stereocenters. The Bertz CT molecular complexity index is 873. The quantitative estimate of drug-likeness (QED) is 0.870. The summed E-state index contributed by atoms with van der Waals surface area (Å²) in [6, 6.07) is 7.79. The molecule has 0 spiro atoms. The van der Waals surface area contributed by atoms with Crippen LogP contribution in [0.1, 0.15) is 17.2 Å². The fourth-order valence-electron chi connectivity index (χ4n) is 3.35. The van der Waals surface area contributed by atoms with Crippen LogP contribution in [-0.4, -0.2) is 43.1 Å². The van der Waals surface area contributed by atoms with E-state index in [2.05, 4.69) is 4.98 Å². The summed E-state index contributed by atoms with van der Waals surface area (Å²) >= 11 is 0. The largest absolute Gasteiger partial charge is 0.466 e. The summed E-state index contributed by atoms with van der Waals surface area (Å²) < 4.78 is 9.91. The second kappa shape index (κ2) is 6.47. The van der Waals surface area contributed by atoms with Crippen LogP contribution >= 0.6 is 0 Å². The predicted molar refractivity (Wildman–Crippen MR) is 93.7 cm³/mol. The minimum Gasteiger partial charge on any atom is -0.466 e. The molecule has 0 saturated heterocycles. The number of fused-ring (bicyclic) bond motifs is 1. The number of aromatic amines is 1. The molecule has 0 radical (unpaired) electrons. The number of benzene rings is 1. The molecule has 0 amide bonds. The lowest BCUT2D eigenvalue weighted by Crippen LogP contribution is -2.27. The van der Waals surface area contributed by atoms with Crippen molar-refractivity contribution >= 4 is 22.8 Å². The number of hydrogen-bond acceptors (Lipinski definition) is 5. The van der Waals surface area contributed by atoms with Gasteiger partial charge in [0.25, 0.3) is 0 Å². The molecule has 1 aliphatic rings. The maximum absolute atomic E-state index is 12.4. The molecule has 1 aromatic carbocycles. The number of rotatable bonds is 3. The fourth-order valence-corrected chi connectivity index (χ4v) is 3.35. The van der Waals surface area contributed by atoms with E-state index in [4.69, 9.17) is 9.47 Å². The Balaban J connectivity index is 2.27. The maximum atomic E-state index is 12.4. The molecular formula is C19H20N2O4. The van der Waals surface area contributed by atoms with Crippen molar-refractivity contribution in [1.29, 1.82) is 0 Å². The van der Waals surface area contributed by atoms with Gasteiger partial charge in [-0.05, 0) is 18.6 Å². The molecule has 25 heavy (non-hydrogen) atoms. The zero-order valence-corrected chi connectivity index (χ0v) is 14.6. The Morgan fingerprint density at radius 3 is 2.16 bits per heavy atom. The summed E-state index contributed by atoms with van der Waals surface area (Å²) in [6.45, 7) is 1.93. The number of aromatic nitrogens is 1. The van der Waals surface area contributed by atoms with Crippen molar-refractivity contribution in [2.24, 2.45) is 0 Å². The second-order valence-corrected chi connectivity index (χ2v) is 5.96. The van der Waals surface area contributed by atoms with Crippen LogP contribution in [0.2, 0.25) is 0 Å². The third-order valence-electron chi connectivity index (χ3n) is 4.38. The summed E-state index contributed by atoms with van der Waals surface area (Å²) in [4.78, 5) is 29.8. The number of hydrogen-bond donors (Lipinski definition) is 1. The number of ether oxygens (including phenoxy) is 2. The molecule has 6 heteroatoms. The summed E-state index contributed by atoms with van der Waals surface area (Å²) in [6.07, 6.45) is 3.37. The van der Waals surface area contributed by atoms with Gasteiger partial charge in [0, 0.05) is 36.0 Å². The van der Waals surface area contributed by atoms with Gasteiger partial charge in [-0.25, -0.2) is 9.59 Å². The highest BCUT2D eigenvalue weighted by Gasteiger charge is 2.36. The highest BCUT2D eigenvalue weighted by molar-refractivity contribution is 6.01. The van der Waals surface area contributed by atoms with Crippen LogP contribution in [0.4, 0.5) is 0 Å². The van der Waals surface area contributed by atoms with E-state index < -0.39 is 17.9 Å². The topological polar surface area (TPSA) is 71.6 Å². The number of para-hydroxylation sites is 1. The van der Waals surface area contributed by atoms with Crippen molar-refractivity contribution in [2.45, 2.75) is 12.8 Å². The first kappa shape index (κ1) is 16.8. The highest BCUT2D eigenvalue weighted by Crippen LogP contribution is 2.41. The van der Waals surface area contributed by atoms with Gasteiger partial charge in [-0.2, -0.15) is 0 Å². The maximum Gasteiger partial charge on any atom is 0.336 e. The number of methoxy groups -OCH3 is 2. The monoisotopic (exact) mass is 340 g/mol. The lowest BCUT2D eigenvalue weighted by molar-refractivity contribution is -0.137. The highest BCUT2D eigenvalue weighted by atomic mass is 16.5. The van der Waals surface area contributed by atoms with Gasteiger partial charge < -0.3 is 19.4 Å². The van der Waals surface area contributed by atoms with Gasteiger partial charge in [0.15, 0.2) is 0 Å². The van der Waals surface area contributed by atoms with Crippen LogP contribution in [0, 0.1) is 6.92 Å². The van der Waals surface area contributed by atoms with E-state index in [9.17, 15) is 9.59 Å². The van der Waals surface area contributed by atoms with Crippen LogP contribution in [-0.2, 0) is 19.1 Å². The number of esters is 2. The first-order chi connectivity index (χ1) is 12.0. The van der Waals surface area contributed by atoms with Crippen LogP contribution in [0.25, 0.3) is 10.9 Å². The van der Waals surface area contributed by atoms with Gasteiger partial charge in [0.05, 0.1) is 31.3 Å². The molecule has 1 aromatic heterocycles. The van der Waals surface area contributed by atoms with Crippen molar-refractivity contribution in [3.05, 3.63) is 59.1 Å². The van der Waals surface area contributed by atoms with E-state index in [1.54, 1.807) is 24.3 Å². The van der Waals surface area contributed by atoms with Gasteiger partial charge in [0.2, 0.25) is 0 Å². The minimum atomic E-state index is -0.563. The number of aryl methyl sites for hydroxylation is 1. The molecule has 2 aromatic rings. The van der Waals surface area contributed by atoms with E-state index in [1.807, 2.05) is 31.2 Å². The predicted octanol–water partition coefficient (Wildman–Crippen LogP) is 2.62. The number of nitrogens with one attached hydrogen (secondary N) is 1. The molecule has 1 aliphatic heterocycles. The van der Waals surface area contributed by atoms with E-state index in [0.29, 0.717) is 11.1 Å². The van der Waals surface area contributed by atoms with E-state index in [-0.39, 0.29) is 0 Å². The molecule has 6 nitrogen and oxygen atoms in total. The molecule has 0 aliphatic carbocycles. The average Bonchev–Trinajstić information content (AvgIpc) is 2.95. The lowest BCUT2D eigenvalue weighted by atomic mass is 9.82. The molecular weight excluding hydrogens is 320 g/mol. The summed E-state index contributed by atoms with van der Waals surface area (Å²) in [5.41, 5.74) is 3.49. The summed E-state index contributed by atoms with van der Waals surface area (Å²) in [7, 11) is 4.42. The molecule has 0 fully saturated rings. The molecule has 0 unspecified atom stereocenters. The van der Waals surface area contributed by atoms with Crippen molar-refractivity contribution in [1.82, 2.24) is 9.88 Å². The Labute approximate surface area is 145 Å². The number of H-pyrrole nitrogens is 1. The lowest BCUT2D eigenvalue weighted by Gasteiger charge is -2.28. The Morgan fingerprint density at radius 2 is 1.60 bits per heavy atom.